The van der Waals surface area contributed by atoms with E-state index in [0.717, 1.165) is 5.69 Å². The van der Waals surface area contributed by atoms with Gasteiger partial charge in [-0.25, -0.2) is 0 Å². The van der Waals surface area contributed by atoms with Gasteiger partial charge in [0.2, 0.25) is 5.91 Å². The molecular weight excluding hydrogens is 192 g/mol. The standard InChI is InChI=1S/C11H14N2O2/c1-7-6-15-10-4-3-8(12)5-9(10)13(2)11(7)14/h3-5,7H,6,12H2,1-2H3. The second kappa shape index (κ2) is 3.46. The molecule has 0 radical (unpaired) electrons. The summed E-state index contributed by atoms with van der Waals surface area (Å²) >= 11 is 0. The fourth-order valence-electron chi connectivity index (χ4n) is 1.65. The second-order valence-electron chi connectivity index (χ2n) is 3.84. The van der Waals surface area contributed by atoms with Crippen LogP contribution in [0.3, 0.4) is 0 Å². The number of hydrogen-bond acceptors (Lipinski definition) is 3. The largest absolute Gasteiger partial charge is 0.491 e. The van der Waals surface area contributed by atoms with Gasteiger partial charge in [-0.15, -0.1) is 0 Å². The van der Waals surface area contributed by atoms with E-state index in [-0.39, 0.29) is 11.8 Å². The summed E-state index contributed by atoms with van der Waals surface area (Å²) in [7, 11) is 1.74. The molecule has 4 heteroatoms. The lowest BCUT2D eigenvalue weighted by molar-refractivity contribution is -0.122. The summed E-state index contributed by atoms with van der Waals surface area (Å²) in [5, 5.41) is 0. The molecule has 15 heavy (non-hydrogen) atoms. The summed E-state index contributed by atoms with van der Waals surface area (Å²) in [5.41, 5.74) is 7.05. The van der Waals surface area contributed by atoms with Gasteiger partial charge in [0.25, 0.3) is 0 Å². The number of nitrogen functional groups attached to an aromatic ring is 1. The maximum absolute atomic E-state index is 11.8. The van der Waals surface area contributed by atoms with Crippen LogP contribution in [-0.2, 0) is 4.79 Å². The number of carbonyl (C=O) groups is 1. The molecule has 0 spiro atoms. The van der Waals surface area contributed by atoms with E-state index in [9.17, 15) is 4.79 Å². The number of carbonyl (C=O) groups excluding carboxylic acids is 1. The fraction of sp³-hybridized carbons (Fsp3) is 0.364. The molecule has 1 heterocycles. The molecule has 0 saturated carbocycles. The van der Waals surface area contributed by atoms with E-state index in [1.807, 2.05) is 6.92 Å². The summed E-state index contributed by atoms with van der Waals surface area (Å²) in [4.78, 5) is 13.4. The van der Waals surface area contributed by atoms with Crippen LogP contribution in [-0.4, -0.2) is 19.6 Å². The summed E-state index contributed by atoms with van der Waals surface area (Å²) in [6.07, 6.45) is 0. The van der Waals surface area contributed by atoms with Crippen molar-refractivity contribution in [1.82, 2.24) is 0 Å². The average molecular weight is 206 g/mol. The highest BCUT2D eigenvalue weighted by atomic mass is 16.5. The van der Waals surface area contributed by atoms with Crippen molar-refractivity contribution >= 4 is 17.3 Å². The van der Waals surface area contributed by atoms with Crippen molar-refractivity contribution in [2.24, 2.45) is 5.92 Å². The predicted octanol–water partition coefficient (Wildman–Crippen LogP) is 1.26. The minimum atomic E-state index is -0.122. The maximum atomic E-state index is 11.8. The summed E-state index contributed by atoms with van der Waals surface area (Å²) in [6.45, 7) is 2.27. The van der Waals surface area contributed by atoms with Crippen molar-refractivity contribution in [1.29, 1.82) is 0 Å². The zero-order valence-electron chi connectivity index (χ0n) is 8.86. The molecule has 1 unspecified atom stereocenters. The first-order chi connectivity index (χ1) is 7.09. The third-order valence-corrected chi connectivity index (χ3v) is 2.59. The minimum Gasteiger partial charge on any atom is -0.491 e. The Bertz CT molecular complexity index is 404. The van der Waals surface area contributed by atoms with Crippen molar-refractivity contribution in [3.05, 3.63) is 18.2 Å². The van der Waals surface area contributed by atoms with E-state index in [1.165, 1.54) is 0 Å². The number of rotatable bonds is 0. The minimum absolute atomic E-state index is 0.0550. The number of anilines is 2. The van der Waals surface area contributed by atoms with Gasteiger partial charge in [0.1, 0.15) is 5.75 Å². The molecule has 1 aromatic carbocycles. The van der Waals surface area contributed by atoms with Gasteiger partial charge in [0.15, 0.2) is 0 Å². The van der Waals surface area contributed by atoms with Gasteiger partial charge in [0.05, 0.1) is 18.2 Å². The first-order valence-electron chi connectivity index (χ1n) is 4.89. The van der Waals surface area contributed by atoms with Crippen LogP contribution < -0.4 is 15.4 Å². The highest BCUT2D eigenvalue weighted by Crippen LogP contribution is 2.33. The van der Waals surface area contributed by atoms with Crippen LogP contribution in [0.2, 0.25) is 0 Å². The smallest absolute Gasteiger partial charge is 0.233 e. The van der Waals surface area contributed by atoms with Gasteiger partial charge in [-0.05, 0) is 18.2 Å². The molecule has 0 fully saturated rings. The number of ether oxygens (including phenoxy) is 1. The lowest BCUT2D eigenvalue weighted by Crippen LogP contribution is -2.31. The van der Waals surface area contributed by atoms with Gasteiger partial charge < -0.3 is 15.4 Å². The Balaban J connectivity index is 2.48. The van der Waals surface area contributed by atoms with E-state index >= 15 is 0 Å². The number of nitrogens with two attached hydrogens (primary N) is 1. The van der Waals surface area contributed by atoms with Crippen LogP contribution in [0.5, 0.6) is 5.75 Å². The van der Waals surface area contributed by atoms with Gasteiger partial charge in [-0.1, -0.05) is 6.92 Å². The Morgan fingerprint density at radius 1 is 1.53 bits per heavy atom. The van der Waals surface area contributed by atoms with E-state index in [2.05, 4.69) is 0 Å². The van der Waals surface area contributed by atoms with E-state index in [0.29, 0.717) is 18.0 Å². The Morgan fingerprint density at radius 2 is 2.27 bits per heavy atom. The Labute approximate surface area is 88.6 Å². The summed E-state index contributed by atoms with van der Waals surface area (Å²) < 4.78 is 5.54. The number of amides is 1. The molecule has 0 aromatic heterocycles. The van der Waals surface area contributed by atoms with Crippen LogP contribution >= 0.6 is 0 Å². The molecular formula is C11H14N2O2. The topological polar surface area (TPSA) is 55.6 Å². The number of hydrogen-bond donors (Lipinski definition) is 1. The van der Waals surface area contributed by atoms with Crippen molar-refractivity contribution in [2.45, 2.75) is 6.92 Å². The molecule has 1 aliphatic heterocycles. The van der Waals surface area contributed by atoms with Crippen LogP contribution in [0.4, 0.5) is 11.4 Å². The molecule has 80 valence electrons. The van der Waals surface area contributed by atoms with Crippen LogP contribution in [0.1, 0.15) is 6.92 Å². The van der Waals surface area contributed by atoms with Crippen LogP contribution in [0, 0.1) is 5.92 Å². The molecule has 0 saturated heterocycles. The molecule has 1 aromatic rings. The van der Waals surface area contributed by atoms with Gasteiger partial charge in [-0.2, -0.15) is 0 Å². The third-order valence-electron chi connectivity index (χ3n) is 2.59. The number of nitrogens with zero attached hydrogens (tertiary/aromatic N) is 1. The molecule has 4 nitrogen and oxygen atoms in total. The van der Waals surface area contributed by atoms with E-state index in [4.69, 9.17) is 10.5 Å². The lowest BCUT2D eigenvalue weighted by Gasteiger charge is -2.17. The first kappa shape index (κ1) is 9.83. The van der Waals surface area contributed by atoms with Gasteiger partial charge in [0, 0.05) is 12.7 Å². The Morgan fingerprint density at radius 3 is 3.00 bits per heavy atom. The average Bonchev–Trinajstić information content (AvgIpc) is 2.32. The highest BCUT2D eigenvalue weighted by Gasteiger charge is 2.25. The number of benzene rings is 1. The quantitative estimate of drug-likeness (QED) is 0.650. The zero-order chi connectivity index (χ0) is 11.0. The predicted molar refractivity (Wildman–Crippen MR) is 58.9 cm³/mol. The van der Waals surface area contributed by atoms with Crippen LogP contribution in [0.25, 0.3) is 0 Å². The van der Waals surface area contributed by atoms with Crippen LogP contribution in [0.15, 0.2) is 18.2 Å². The lowest BCUT2D eigenvalue weighted by atomic mass is 10.1. The Hall–Kier alpha value is -1.71. The molecule has 2 N–H and O–H groups in total. The molecule has 0 bridgehead atoms. The molecule has 1 aliphatic rings. The van der Waals surface area contributed by atoms with Crippen molar-refractivity contribution in [3.8, 4) is 5.75 Å². The van der Waals surface area contributed by atoms with E-state index in [1.54, 1.807) is 30.1 Å². The fourth-order valence-corrected chi connectivity index (χ4v) is 1.65. The monoisotopic (exact) mass is 206 g/mol. The molecule has 2 rings (SSSR count). The SMILES string of the molecule is CC1COc2ccc(N)cc2N(C)C1=O. The zero-order valence-corrected chi connectivity index (χ0v) is 8.86. The van der Waals surface area contributed by atoms with Gasteiger partial charge in [-0.3, -0.25) is 4.79 Å². The maximum Gasteiger partial charge on any atom is 0.233 e. The normalized spacial score (nSPS) is 20.5. The molecule has 1 atom stereocenters. The Kier molecular flexibility index (Phi) is 2.26. The number of fused-ring (bicyclic) bond motifs is 1. The highest BCUT2D eigenvalue weighted by molar-refractivity contribution is 5.97. The first-order valence-corrected chi connectivity index (χ1v) is 4.89. The second-order valence-corrected chi connectivity index (χ2v) is 3.84. The summed E-state index contributed by atoms with van der Waals surface area (Å²) in [6, 6.07) is 5.32. The summed E-state index contributed by atoms with van der Waals surface area (Å²) in [5.74, 6) is 0.646. The van der Waals surface area contributed by atoms with Gasteiger partial charge >= 0.3 is 0 Å². The molecule has 0 aliphatic carbocycles. The van der Waals surface area contributed by atoms with Crippen molar-refractivity contribution in [3.63, 3.8) is 0 Å². The molecule has 1 amide bonds. The van der Waals surface area contributed by atoms with Crippen molar-refractivity contribution in [2.75, 3.05) is 24.3 Å². The van der Waals surface area contributed by atoms with E-state index < -0.39 is 0 Å². The van der Waals surface area contributed by atoms with Crippen molar-refractivity contribution < 1.29 is 9.53 Å². The third kappa shape index (κ3) is 1.63.